The second kappa shape index (κ2) is 6.17. The Labute approximate surface area is 130 Å². The lowest BCUT2D eigenvalue weighted by Gasteiger charge is -2.43. The van der Waals surface area contributed by atoms with Crippen LogP contribution in [-0.4, -0.2) is 60.1 Å². The predicted octanol–water partition coefficient (Wildman–Crippen LogP) is 2.61. The number of rotatable bonds is 1. The van der Waals surface area contributed by atoms with Crippen LogP contribution in [0.3, 0.4) is 0 Å². The largest absolute Gasteiger partial charge is 0.310 e. The molecule has 2 unspecified atom stereocenters. The summed E-state index contributed by atoms with van der Waals surface area (Å²) < 4.78 is 0. The van der Waals surface area contributed by atoms with E-state index in [4.69, 9.17) is 0 Å². The van der Waals surface area contributed by atoms with Gasteiger partial charge in [0.1, 0.15) is 0 Å². The molecule has 4 aliphatic rings. The number of fused-ring (bicyclic) bond motifs is 1. The van der Waals surface area contributed by atoms with E-state index in [0.29, 0.717) is 5.54 Å². The summed E-state index contributed by atoms with van der Waals surface area (Å²) >= 11 is 0. The van der Waals surface area contributed by atoms with Crippen molar-refractivity contribution in [1.29, 1.82) is 0 Å². The fourth-order valence-corrected chi connectivity index (χ4v) is 5.65. The zero-order valence-corrected chi connectivity index (χ0v) is 13.7. The van der Waals surface area contributed by atoms with Gasteiger partial charge in [0, 0.05) is 30.7 Å². The zero-order valence-electron chi connectivity index (χ0n) is 13.7. The van der Waals surface area contributed by atoms with Gasteiger partial charge in [-0.3, -0.25) is 9.80 Å². The van der Waals surface area contributed by atoms with E-state index in [1.807, 2.05) is 0 Å². The van der Waals surface area contributed by atoms with Crippen molar-refractivity contribution >= 4 is 0 Å². The molecule has 0 aromatic carbocycles. The van der Waals surface area contributed by atoms with E-state index >= 15 is 0 Å². The average Bonchev–Trinajstić information content (AvgIpc) is 2.86. The van der Waals surface area contributed by atoms with Gasteiger partial charge in [-0.05, 0) is 58.2 Å². The summed E-state index contributed by atoms with van der Waals surface area (Å²) in [6, 6.07) is 1.75. The molecule has 3 heterocycles. The van der Waals surface area contributed by atoms with Crippen LogP contribution in [0.15, 0.2) is 0 Å². The Morgan fingerprint density at radius 3 is 2.43 bits per heavy atom. The van der Waals surface area contributed by atoms with Gasteiger partial charge < -0.3 is 5.32 Å². The van der Waals surface area contributed by atoms with Crippen molar-refractivity contribution in [2.75, 3.05) is 32.7 Å². The molecule has 1 N–H and O–H groups in total. The van der Waals surface area contributed by atoms with Crippen molar-refractivity contribution in [3.8, 4) is 0 Å². The van der Waals surface area contributed by atoms with Crippen LogP contribution >= 0.6 is 0 Å². The first kappa shape index (κ1) is 14.5. The minimum absolute atomic E-state index is 0.469. The molecule has 21 heavy (non-hydrogen) atoms. The van der Waals surface area contributed by atoms with E-state index < -0.39 is 0 Å². The van der Waals surface area contributed by atoms with Gasteiger partial charge in [-0.15, -0.1) is 0 Å². The molecule has 0 amide bonds. The van der Waals surface area contributed by atoms with E-state index in [-0.39, 0.29) is 0 Å². The molecule has 3 heteroatoms. The van der Waals surface area contributed by atoms with E-state index in [1.54, 1.807) is 0 Å². The first-order valence-corrected chi connectivity index (χ1v) is 9.60. The molecule has 1 spiro atoms. The van der Waals surface area contributed by atoms with Gasteiger partial charge in [-0.2, -0.15) is 0 Å². The summed E-state index contributed by atoms with van der Waals surface area (Å²) in [5, 5.41) is 3.97. The summed E-state index contributed by atoms with van der Waals surface area (Å²) in [7, 11) is 0. The third-order valence-electron chi connectivity index (χ3n) is 6.73. The normalized spacial score (nSPS) is 38.3. The van der Waals surface area contributed by atoms with Gasteiger partial charge >= 0.3 is 0 Å². The Kier molecular flexibility index (Phi) is 4.25. The summed E-state index contributed by atoms with van der Waals surface area (Å²) in [6.07, 6.45) is 14.3. The quantitative estimate of drug-likeness (QED) is 0.801. The number of piperidine rings is 1. The maximum Gasteiger partial charge on any atom is 0.0308 e. The van der Waals surface area contributed by atoms with Gasteiger partial charge in [0.25, 0.3) is 0 Å². The molecule has 4 fully saturated rings. The number of hydrogen-bond acceptors (Lipinski definition) is 3. The summed E-state index contributed by atoms with van der Waals surface area (Å²) in [4.78, 5) is 5.72. The van der Waals surface area contributed by atoms with E-state index in [9.17, 15) is 0 Å². The highest BCUT2D eigenvalue weighted by Crippen LogP contribution is 2.35. The Bertz CT molecular complexity index is 350. The monoisotopic (exact) mass is 291 g/mol. The molecule has 3 saturated heterocycles. The molecule has 3 aliphatic heterocycles. The highest BCUT2D eigenvalue weighted by atomic mass is 15.3. The van der Waals surface area contributed by atoms with Crippen molar-refractivity contribution in [2.45, 2.75) is 81.8 Å². The van der Waals surface area contributed by atoms with Crippen LogP contribution in [0.1, 0.15) is 64.2 Å². The molecule has 0 bridgehead atoms. The Balaban J connectivity index is 1.48. The first-order valence-electron chi connectivity index (χ1n) is 9.60. The molecule has 4 rings (SSSR count). The molecule has 0 aromatic rings. The van der Waals surface area contributed by atoms with Crippen LogP contribution in [-0.2, 0) is 0 Å². The zero-order chi connectivity index (χ0) is 14.1. The van der Waals surface area contributed by atoms with Gasteiger partial charge in [0.05, 0.1) is 0 Å². The fourth-order valence-electron chi connectivity index (χ4n) is 5.65. The lowest BCUT2D eigenvalue weighted by atomic mass is 9.81. The van der Waals surface area contributed by atoms with Crippen molar-refractivity contribution in [3.63, 3.8) is 0 Å². The standard InChI is InChI=1S/C18H33N3/c1-3-9-18(10-4-1)15-21(13-6-11-19-18)17-8-14-20-12-5-2-7-16(17)20/h16-17,19H,1-15H2. The third-order valence-corrected chi connectivity index (χ3v) is 6.73. The molecule has 3 nitrogen and oxygen atoms in total. The van der Waals surface area contributed by atoms with Crippen LogP contribution in [0.5, 0.6) is 0 Å². The van der Waals surface area contributed by atoms with Crippen molar-refractivity contribution in [3.05, 3.63) is 0 Å². The molecule has 0 aromatic heterocycles. The van der Waals surface area contributed by atoms with Crippen LogP contribution in [0.25, 0.3) is 0 Å². The van der Waals surface area contributed by atoms with E-state index in [0.717, 1.165) is 12.1 Å². The molecule has 0 radical (unpaired) electrons. The lowest BCUT2D eigenvalue weighted by molar-refractivity contribution is 0.0864. The first-order chi connectivity index (χ1) is 10.4. The van der Waals surface area contributed by atoms with Crippen LogP contribution in [0, 0.1) is 0 Å². The maximum absolute atomic E-state index is 3.97. The molecule has 1 aliphatic carbocycles. The van der Waals surface area contributed by atoms with Crippen LogP contribution < -0.4 is 5.32 Å². The predicted molar refractivity (Wildman–Crippen MR) is 87.6 cm³/mol. The fraction of sp³-hybridized carbons (Fsp3) is 1.00. The van der Waals surface area contributed by atoms with Crippen LogP contribution in [0.2, 0.25) is 0 Å². The SMILES string of the molecule is C1CCC2(CC1)CN(C1CCN3CCCCC13)CCCN2. The number of nitrogens with one attached hydrogen (secondary N) is 1. The van der Waals surface area contributed by atoms with Crippen molar-refractivity contribution in [2.24, 2.45) is 0 Å². The smallest absolute Gasteiger partial charge is 0.0308 e. The number of hydrogen-bond donors (Lipinski definition) is 1. The van der Waals surface area contributed by atoms with E-state index in [2.05, 4.69) is 15.1 Å². The molecule has 1 saturated carbocycles. The highest BCUT2D eigenvalue weighted by Gasteiger charge is 2.42. The Morgan fingerprint density at radius 2 is 1.52 bits per heavy atom. The summed E-state index contributed by atoms with van der Waals surface area (Å²) in [5.74, 6) is 0. The molecular formula is C18H33N3. The van der Waals surface area contributed by atoms with Crippen molar-refractivity contribution in [1.82, 2.24) is 15.1 Å². The molecule has 120 valence electrons. The van der Waals surface area contributed by atoms with E-state index in [1.165, 1.54) is 96.9 Å². The Morgan fingerprint density at radius 1 is 0.714 bits per heavy atom. The summed E-state index contributed by atoms with van der Waals surface area (Å²) in [5.41, 5.74) is 0.469. The maximum atomic E-state index is 3.97. The van der Waals surface area contributed by atoms with Gasteiger partial charge in [-0.1, -0.05) is 25.7 Å². The van der Waals surface area contributed by atoms with Gasteiger partial charge in [-0.25, -0.2) is 0 Å². The summed E-state index contributed by atoms with van der Waals surface area (Å²) in [6.45, 7) is 6.66. The molecule has 2 atom stereocenters. The van der Waals surface area contributed by atoms with Gasteiger partial charge in [0.15, 0.2) is 0 Å². The molecular weight excluding hydrogens is 258 g/mol. The van der Waals surface area contributed by atoms with Crippen molar-refractivity contribution < 1.29 is 0 Å². The number of nitrogens with zero attached hydrogens (tertiary/aromatic N) is 2. The third kappa shape index (κ3) is 2.89. The topological polar surface area (TPSA) is 18.5 Å². The lowest BCUT2D eigenvalue weighted by Crippen LogP contribution is -2.56. The average molecular weight is 291 g/mol. The van der Waals surface area contributed by atoms with Gasteiger partial charge in [0.2, 0.25) is 0 Å². The second-order valence-corrected chi connectivity index (χ2v) is 8.05. The van der Waals surface area contributed by atoms with Crippen LogP contribution in [0.4, 0.5) is 0 Å². The Hall–Kier alpha value is -0.120. The minimum atomic E-state index is 0.469. The second-order valence-electron chi connectivity index (χ2n) is 8.05. The minimum Gasteiger partial charge on any atom is -0.310 e. The highest BCUT2D eigenvalue weighted by molar-refractivity contribution is 5.01.